The molecule has 0 amide bonds. The molecule has 3 nitrogen and oxygen atoms in total. The number of rotatable bonds is 7. The Kier molecular flexibility index (Phi) is 4.04. The molecule has 3 heteroatoms. The summed E-state index contributed by atoms with van der Waals surface area (Å²) in [5.41, 5.74) is 2.86. The van der Waals surface area contributed by atoms with Crippen LogP contribution in [0.2, 0.25) is 0 Å². The van der Waals surface area contributed by atoms with Crippen molar-refractivity contribution >= 4 is 0 Å². The number of benzene rings is 1. The summed E-state index contributed by atoms with van der Waals surface area (Å²) in [5, 5.41) is 3.60. The van der Waals surface area contributed by atoms with Gasteiger partial charge in [-0.1, -0.05) is 6.07 Å². The minimum Gasteiger partial charge on any atom is -0.497 e. The second kappa shape index (κ2) is 5.93. The molecule has 0 spiro atoms. The van der Waals surface area contributed by atoms with Gasteiger partial charge < -0.3 is 14.8 Å². The molecule has 0 saturated heterocycles. The number of aryl methyl sites for hydroxylation is 1. The Hall–Kier alpha value is -1.06. The normalized spacial score (nSPS) is 21.4. The van der Waals surface area contributed by atoms with E-state index >= 15 is 0 Å². The molecule has 1 unspecified atom stereocenters. The molecule has 1 N–H and O–H groups in total. The van der Waals surface area contributed by atoms with Crippen LogP contribution in [0.15, 0.2) is 18.2 Å². The van der Waals surface area contributed by atoms with E-state index in [-0.39, 0.29) is 0 Å². The van der Waals surface area contributed by atoms with E-state index in [1.165, 1.54) is 36.8 Å². The summed E-state index contributed by atoms with van der Waals surface area (Å²) in [4.78, 5) is 0. The molecule has 1 aromatic rings. The van der Waals surface area contributed by atoms with E-state index in [0.717, 1.165) is 31.4 Å². The largest absolute Gasteiger partial charge is 0.497 e. The van der Waals surface area contributed by atoms with Crippen molar-refractivity contribution in [2.24, 2.45) is 5.92 Å². The van der Waals surface area contributed by atoms with Crippen molar-refractivity contribution < 1.29 is 9.47 Å². The first-order valence-corrected chi connectivity index (χ1v) is 7.35. The van der Waals surface area contributed by atoms with E-state index in [1.54, 1.807) is 7.11 Å². The molecule has 1 fully saturated rings. The number of fused-ring (bicyclic) bond motifs is 1. The highest BCUT2D eigenvalue weighted by Crippen LogP contribution is 2.33. The molecule has 1 aromatic carbocycles. The van der Waals surface area contributed by atoms with Crippen molar-refractivity contribution in [1.82, 2.24) is 5.32 Å². The van der Waals surface area contributed by atoms with Gasteiger partial charge in [-0.05, 0) is 54.9 Å². The zero-order valence-electron chi connectivity index (χ0n) is 11.7. The Morgan fingerprint density at radius 1 is 1.26 bits per heavy atom. The SMILES string of the molecule is COc1ccc2c(c1)C(NCCOCC1CC1)CC2. The summed E-state index contributed by atoms with van der Waals surface area (Å²) in [7, 11) is 1.73. The summed E-state index contributed by atoms with van der Waals surface area (Å²) in [6.07, 6.45) is 5.08. The number of hydrogen-bond acceptors (Lipinski definition) is 3. The highest BCUT2D eigenvalue weighted by atomic mass is 16.5. The van der Waals surface area contributed by atoms with Gasteiger partial charge in [-0.15, -0.1) is 0 Å². The van der Waals surface area contributed by atoms with E-state index in [4.69, 9.17) is 9.47 Å². The lowest BCUT2D eigenvalue weighted by molar-refractivity contribution is 0.124. The zero-order valence-corrected chi connectivity index (χ0v) is 11.7. The summed E-state index contributed by atoms with van der Waals surface area (Å²) < 4.78 is 11.0. The summed E-state index contributed by atoms with van der Waals surface area (Å²) >= 11 is 0. The van der Waals surface area contributed by atoms with Crippen LogP contribution < -0.4 is 10.1 Å². The van der Waals surface area contributed by atoms with Gasteiger partial charge in [-0.3, -0.25) is 0 Å². The van der Waals surface area contributed by atoms with Crippen LogP contribution in [0.25, 0.3) is 0 Å². The predicted octanol–water partition coefficient (Wildman–Crippen LogP) is 2.70. The molecular formula is C16H23NO2. The first-order valence-electron chi connectivity index (χ1n) is 7.35. The zero-order chi connectivity index (χ0) is 13.1. The van der Waals surface area contributed by atoms with Crippen LogP contribution in [0.1, 0.15) is 36.4 Å². The first-order chi connectivity index (χ1) is 9.36. The van der Waals surface area contributed by atoms with Gasteiger partial charge in [-0.25, -0.2) is 0 Å². The van der Waals surface area contributed by atoms with E-state index in [0.29, 0.717) is 6.04 Å². The summed E-state index contributed by atoms with van der Waals surface area (Å²) in [6.45, 7) is 2.72. The third-order valence-electron chi connectivity index (χ3n) is 4.12. The van der Waals surface area contributed by atoms with Crippen LogP contribution in [0.3, 0.4) is 0 Å². The summed E-state index contributed by atoms with van der Waals surface area (Å²) in [6, 6.07) is 6.89. The Morgan fingerprint density at radius 3 is 2.95 bits per heavy atom. The average molecular weight is 261 g/mol. The van der Waals surface area contributed by atoms with Crippen molar-refractivity contribution in [3.63, 3.8) is 0 Å². The van der Waals surface area contributed by atoms with Crippen LogP contribution in [0.4, 0.5) is 0 Å². The molecule has 104 valence electrons. The van der Waals surface area contributed by atoms with Gasteiger partial charge in [-0.2, -0.15) is 0 Å². The van der Waals surface area contributed by atoms with Crippen LogP contribution in [-0.2, 0) is 11.2 Å². The number of nitrogens with one attached hydrogen (secondary N) is 1. The molecule has 0 heterocycles. The standard InChI is InChI=1S/C16H23NO2/c1-18-14-6-4-13-5-7-16(15(13)10-14)17-8-9-19-11-12-2-3-12/h4,6,10,12,16-17H,2-3,5,7-9,11H2,1H3. The Balaban J connectivity index is 1.47. The van der Waals surface area contributed by atoms with Crippen molar-refractivity contribution in [3.05, 3.63) is 29.3 Å². The molecule has 1 saturated carbocycles. The Bertz CT molecular complexity index is 429. The maximum absolute atomic E-state index is 5.66. The van der Waals surface area contributed by atoms with E-state index in [1.807, 2.05) is 0 Å². The third kappa shape index (κ3) is 3.28. The Morgan fingerprint density at radius 2 is 2.16 bits per heavy atom. The van der Waals surface area contributed by atoms with Crippen LogP contribution in [0.5, 0.6) is 5.75 Å². The van der Waals surface area contributed by atoms with Crippen LogP contribution in [-0.4, -0.2) is 26.9 Å². The highest BCUT2D eigenvalue weighted by molar-refractivity contribution is 5.40. The smallest absolute Gasteiger partial charge is 0.119 e. The molecule has 0 aromatic heterocycles. The van der Waals surface area contributed by atoms with Gasteiger partial charge in [0.1, 0.15) is 5.75 Å². The topological polar surface area (TPSA) is 30.5 Å². The fourth-order valence-electron chi connectivity index (χ4n) is 2.76. The molecule has 3 rings (SSSR count). The quantitative estimate of drug-likeness (QED) is 0.766. The minimum absolute atomic E-state index is 0.467. The van der Waals surface area contributed by atoms with E-state index in [2.05, 4.69) is 23.5 Å². The molecule has 2 aliphatic rings. The maximum Gasteiger partial charge on any atom is 0.119 e. The van der Waals surface area contributed by atoms with Gasteiger partial charge in [0.05, 0.1) is 13.7 Å². The molecule has 0 bridgehead atoms. The second-order valence-electron chi connectivity index (χ2n) is 5.63. The van der Waals surface area contributed by atoms with Crippen molar-refractivity contribution in [3.8, 4) is 5.75 Å². The van der Waals surface area contributed by atoms with Gasteiger partial charge >= 0.3 is 0 Å². The lowest BCUT2D eigenvalue weighted by Gasteiger charge is -2.15. The van der Waals surface area contributed by atoms with Crippen molar-refractivity contribution in [2.75, 3.05) is 26.9 Å². The van der Waals surface area contributed by atoms with E-state index < -0.39 is 0 Å². The fourth-order valence-corrected chi connectivity index (χ4v) is 2.76. The van der Waals surface area contributed by atoms with Crippen molar-refractivity contribution in [1.29, 1.82) is 0 Å². The molecule has 1 atom stereocenters. The van der Waals surface area contributed by atoms with Crippen LogP contribution in [0, 0.1) is 5.92 Å². The molecule has 2 aliphatic carbocycles. The lowest BCUT2D eigenvalue weighted by Crippen LogP contribution is -2.24. The van der Waals surface area contributed by atoms with Gasteiger partial charge in [0.2, 0.25) is 0 Å². The average Bonchev–Trinajstić information content (AvgIpc) is 3.18. The molecule has 0 aliphatic heterocycles. The van der Waals surface area contributed by atoms with Gasteiger partial charge in [0.15, 0.2) is 0 Å². The maximum atomic E-state index is 5.66. The van der Waals surface area contributed by atoms with Gasteiger partial charge in [0.25, 0.3) is 0 Å². The fraction of sp³-hybridized carbons (Fsp3) is 0.625. The number of hydrogen-bond donors (Lipinski definition) is 1. The van der Waals surface area contributed by atoms with Crippen molar-refractivity contribution in [2.45, 2.75) is 31.7 Å². The number of methoxy groups -OCH3 is 1. The predicted molar refractivity (Wildman–Crippen MR) is 75.6 cm³/mol. The minimum atomic E-state index is 0.467. The molecule has 19 heavy (non-hydrogen) atoms. The number of ether oxygens (including phenoxy) is 2. The molecular weight excluding hydrogens is 238 g/mol. The first kappa shape index (κ1) is 12.9. The molecule has 0 radical (unpaired) electrons. The van der Waals surface area contributed by atoms with Crippen LogP contribution >= 0.6 is 0 Å². The second-order valence-corrected chi connectivity index (χ2v) is 5.63. The van der Waals surface area contributed by atoms with Gasteiger partial charge in [0, 0.05) is 19.2 Å². The van der Waals surface area contributed by atoms with E-state index in [9.17, 15) is 0 Å². The Labute approximate surface area is 115 Å². The monoisotopic (exact) mass is 261 g/mol. The lowest BCUT2D eigenvalue weighted by atomic mass is 10.1. The summed E-state index contributed by atoms with van der Waals surface area (Å²) in [5.74, 6) is 1.81. The third-order valence-corrected chi connectivity index (χ3v) is 4.12. The highest BCUT2D eigenvalue weighted by Gasteiger charge is 2.23.